The van der Waals surface area contributed by atoms with Gasteiger partial charge in [0.2, 0.25) is 5.91 Å². The summed E-state index contributed by atoms with van der Waals surface area (Å²) in [6, 6.07) is 20.4. The maximum Gasteiger partial charge on any atom is 0.319 e. The van der Waals surface area contributed by atoms with E-state index < -0.39 is 0 Å². The van der Waals surface area contributed by atoms with E-state index in [1.165, 1.54) is 4.68 Å². The van der Waals surface area contributed by atoms with Crippen LogP contribution in [0.15, 0.2) is 72.9 Å². The van der Waals surface area contributed by atoms with E-state index in [2.05, 4.69) is 50.1 Å². The molecule has 0 unspecified atom stereocenters. The number of aryl methyl sites for hydroxylation is 1. The number of aromatic nitrogens is 3. The van der Waals surface area contributed by atoms with Gasteiger partial charge in [-0.3, -0.25) is 19.2 Å². The van der Waals surface area contributed by atoms with E-state index >= 15 is 0 Å². The van der Waals surface area contributed by atoms with Gasteiger partial charge in [-0.2, -0.15) is 5.10 Å². The number of anilines is 2. The van der Waals surface area contributed by atoms with E-state index in [0.29, 0.717) is 78.1 Å². The molecule has 0 spiro atoms. The molecule has 1 aliphatic heterocycles. The largest absolute Gasteiger partial charge is 0.358 e. The number of rotatable bonds is 18. The van der Waals surface area contributed by atoms with Gasteiger partial charge in [0.05, 0.1) is 22.9 Å². The summed E-state index contributed by atoms with van der Waals surface area (Å²) in [5, 5.41) is 16.7. The molecule has 1 aliphatic rings. The summed E-state index contributed by atoms with van der Waals surface area (Å²) in [6.45, 7) is 11.5. The molecule has 3 aromatic carbocycles. The second-order valence-electron chi connectivity index (χ2n) is 14.6. The van der Waals surface area contributed by atoms with E-state index in [4.69, 9.17) is 0 Å². The standard InChI is InChI=1S/C45H52N8O5/c1-5-52(6-2)23-22-46-44(57)42-29(3)39(49-30(42)4)27-37-36-25-32(16-19-38(36)51-43(37)56)24-35(54)14-10-11-15-41(55)53-40-26-34(18-17-33(40)28-48-53)50-45(58)47-21-20-31-12-8-7-9-13-31/h7-9,12-13,16-19,25-28,49H,5-6,10-11,14-15,20-24H2,1-4H3,(H,46,57)(H,51,56)(H2,47,50,58)/b37-27-. The van der Waals surface area contributed by atoms with Crippen LogP contribution >= 0.6 is 0 Å². The Balaban J connectivity index is 0.997. The molecular weight excluding hydrogens is 733 g/mol. The Bertz CT molecular complexity index is 2340. The van der Waals surface area contributed by atoms with Crippen molar-refractivity contribution in [3.8, 4) is 0 Å². The lowest BCUT2D eigenvalue weighted by Crippen LogP contribution is -2.35. The first-order valence-electron chi connectivity index (χ1n) is 20.0. The van der Waals surface area contributed by atoms with Gasteiger partial charge in [0.15, 0.2) is 0 Å². The number of unbranched alkanes of at least 4 members (excludes halogenated alkanes) is 1. The highest BCUT2D eigenvalue weighted by molar-refractivity contribution is 6.35. The fourth-order valence-electron chi connectivity index (χ4n) is 7.30. The molecule has 6 rings (SSSR count). The molecule has 13 heteroatoms. The number of hydrogen-bond donors (Lipinski definition) is 5. The number of urea groups is 1. The van der Waals surface area contributed by atoms with E-state index in [0.717, 1.165) is 47.4 Å². The van der Waals surface area contributed by atoms with Crippen molar-refractivity contribution >= 4 is 63.5 Å². The Morgan fingerprint density at radius 3 is 2.43 bits per heavy atom. The monoisotopic (exact) mass is 784 g/mol. The first kappa shape index (κ1) is 41.3. The number of amides is 4. The van der Waals surface area contributed by atoms with Gasteiger partial charge in [-0.05, 0) is 99.3 Å². The van der Waals surface area contributed by atoms with Crippen molar-refractivity contribution in [1.82, 2.24) is 30.3 Å². The van der Waals surface area contributed by atoms with Gasteiger partial charge in [-0.1, -0.05) is 50.2 Å². The van der Waals surface area contributed by atoms with E-state index in [9.17, 15) is 24.0 Å². The Labute approximate surface area is 338 Å². The van der Waals surface area contributed by atoms with Gasteiger partial charge in [0, 0.05) is 72.6 Å². The summed E-state index contributed by atoms with van der Waals surface area (Å²) >= 11 is 0. The first-order valence-corrected chi connectivity index (χ1v) is 20.0. The average Bonchev–Trinajstić information content (AvgIpc) is 3.86. The van der Waals surface area contributed by atoms with Crippen LogP contribution in [0, 0.1) is 13.8 Å². The summed E-state index contributed by atoms with van der Waals surface area (Å²) in [6.07, 6.45) is 5.85. The van der Waals surface area contributed by atoms with Crippen LogP contribution < -0.4 is 21.3 Å². The highest BCUT2D eigenvalue weighted by Crippen LogP contribution is 2.35. The zero-order chi connectivity index (χ0) is 41.2. The van der Waals surface area contributed by atoms with Gasteiger partial charge < -0.3 is 31.2 Å². The van der Waals surface area contributed by atoms with Crippen molar-refractivity contribution in [2.45, 2.75) is 66.2 Å². The molecule has 0 saturated heterocycles. The number of fused-ring (bicyclic) bond motifs is 2. The summed E-state index contributed by atoms with van der Waals surface area (Å²) < 4.78 is 1.35. The minimum Gasteiger partial charge on any atom is -0.358 e. The average molecular weight is 785 g/mol. The van der Waals surface area contributed by atoms with Crippen molar-refractivity contribution < 1.29 is 24.0 Å². The number of H-pyrrole nitrogens is 1. The van der Waals surface area contributed by atoms with Crippen molar-refractivity contribution in [3.63, 3.8) is 0 Å². The van der Waals surface area contributed by atoms with Gasteiger partial charge in [0.25, 0.3) is 11.8 Å². The SMILES string of the molecule is CCN(CC)CCNC(=O)c1c(C)[nH]c(/C=C2\C(=O)Nc3ccc(CC(=O)CCCCC(=O)n4ncc5ccc(NC(=O)NCCc6ccccc6)cc54)cc32)c1C. The van der Waals surface area contributed by atoms with Gasteiger partial charge in [-0.25, -0.2) is 9.48 Å². The summed E-state index contributed by atoms with van der Waals surface area (Å²) in [4.78, 5) is 70.5. The minimum atomic E-state index is -0.334. The number of aromatic amines is 1. The van der Waals surface area contributed by atoms with Crippen molar-refractivity contribution in [1.29, 1.82) is 0 Å². The fraction of sp³-hybridized carbons (Fsp3) is 0.333. The number of carbonyl (C=O) groups is 5. The third-order valence-electron chi connectivity index (χ3n) is 10.6. The molecule has 0 fully saturated rings. The normalized spacial score (nSPS) is 12.8. The predicted octanol–water partition coefficient (Wildman–Crippen LogP) is 6.92. The van der Waals surface area contributed by atoms with Crippen LogP contribution in [0.4, 0.5) is 16.2 Å². The second-order valence-corrected chi connectivity index (χ2v) is 14.6. The van der Waals surface area contributed by atoms with E-state index in [1.54, 1.807) is 24.4 Å². The van der Waals surface area contributed by atoms with Gasteiger partial charge in [-0.15, -0.1) is 0 Å². The van der Waals surface area contributed by atoms with E-state index in [1.807, 2.05) is 68.4 Å². The molecule has 0 atom stereocenters. The fourth-order valence-corrected chi connectivity index (χ4v) is 7.30. The molecule has 3 heterocycles. The Hall–Kier alpha value is -6.34. The number of nitrogens with one attached hydrogen (secondary N) is 5. The number of likely N-dealkylation sites (N-methyl/N-ethyl adjacent to an activating group) is 1. The molecule has 2 aromatic heterocycles. The van der Waals surface area contributed by atoms with Crippen molar-refractivity contribution in [3.05, 3.63) is 112 Å². The zero-order valence-electron chi connectivity index (χ0n) is 33.7. The highest BCUT2D eigenvalue weighted by atomic mass is 16.2. The zero-order valence-corrected chi connectivity index (χ0v) is 33.7. The third kappa shape index (κ3) is 10.1. The Kier molecular flexibility index (Phi) is 13.7. The number of nitrogens with zero attached hydrogens (tertiary/aromatic N) is 3. The van der Waals surface area contributed by atoms with Gasteiger partial charge >= 0.3 is 6.03 Å². The summed E-state index contributed by atoms with van der Waals surface area (Å²) in [5.74, 6) is -0.570. The smallest absolute Gasteiger partial charge is 0.319 e. The van der Waals surface area contributed by atoms with E-state index in [-0.39, 0.29) is 42.4 Å². The maximum atomic E-state index is 13.2. The number of hydrogen-bond acceptors (Lipinski definition) is 7. The Morgan fingerprint density at radius 2 is 1.66 bits per heavy atom. The molecule has 4 amide bonds. The molecule has 5 aromatic rings. The van der Waals surface area contributed by atoms with Gasteiger partial charge in [0.1, 0.15) is 5.78 Å². The molecule has 0 radical (unpaired) electrons. The van der Waals surface area contributed by atoms with Crippen LogP contribution in [0.1, 0.15) is 88.3 Å². The lowest BCUT2D eigenvalue weighted by Gasteiger charge is -2.18. The Morgan fingerprint density at radius 1 is 0.879 bits per heavy atom. The highest BCUT2D eigenvalue weighted by Gasteiger charge is 2.26. The summed E-state index contributed by atoms with van der Waals surface area (Å²) in [7, 11) is 0. The molecule has 0 bridgehead atoms. The second kappa shape index (κ2) is 19.2. The number of ketones is 1. The molecule has 0 saturated carbocycles. The maximum absolute atomic E-state index is 13.2. The van der Waals surface area contributed by atoms with Crippen LogP contribution in [-0.2, 0) is 22.4 Å². The van der Waals surface area contributed by atoms with Crippen LogP contribution in [0.2, 0.25) is 0 Å². The predicted molar refractivity (Wildman–Crippen MR) is 228 cm³/mol. The number of Topliss-reactive ketones (excluding diaryl/α,β-unsaturated/α-hetero) is 1. The van der Waals surface area contributed by atoms with Crippen LogP contribution in [0.25, 0.3) is 22.6 Å². The number of benzene rings is 3. The molecule has 5 N–H and O–H groups in total. The van der Waals surface area contributed by atoms with Crippen molar-refractivity contribution in [2.24, 2.45) is 0 Å². The lowest BCUT2D eigenvalue weighted by molar-refractivity contribution is -0.118. The van der Waals surface area contributed by atoms with Crippen LogP contribution in [0.3, 0.4) is 0 Å². The molecular formula is C45H52N8O5. The topological polar surface area (TPSA) is 170 Å². The molecule has 58 heavy (non-hydrogen) atoms. The molecule has 302 valence electrons. The van der Waals surface area contributed by atoms with Crippen LogP contribution in [-0.4, -0.2) is 81.9 Å². The van der Waals surface area contributed by atoms with Crippen molar-refractivity contribution in [2.75, 3.05) is 43.4 Å². The molecule has 0 aliphatic carbocycles. The lowest BCUT2D eigenvalue weighted by atomic mass is 9.98. The summed E-state index contributed by atoms with van der Waals surface area (Å²) in [5.41, 5.74) is 7.61. The molecule has 13 nitrogen and oxygen atoms in total. The minimum absolute atomic E-state index is 0.0324. The first-order chi connectivity index (χ1) is 28.0. The van der Waals surface area contributed by atoms with Crippen LogP contribution in [0.5, 0.6) is 0 Å². The number of carbonyl (C=O) groups excluding carboxylic acids is 5. The quantitative estimate of drug-likeness (QED) is 0.0474. The third-order valence-corrected chi connectivity index (χ3v) is 10.6.